The number of hydrogen-bond donors (Lipinski definition) is 1. The van der Waals surface area contributed by atoms with Crippen LogP contribution in [0.4, 0.5) is 5.13 Å². The number of hydrogen-bond acceptors (Lipinski definition) is 5. The maximum absolute atomic E-state index is 11.7. The molecule has 6 heteroatoms. The Bertz CT molecular complexity index is 462. The summed E-state index contributed by atoms with van der Waals surface area (Å²) in [5, 5.41) is 4.32. The number of nitrogens with two attached hydrogens (primary N) is 1. The quantitative estimate of drug-likeness (QED) is 0.943. The van der Waals surface area contributed by atoms with Crippen molar-refractivity contribution in [2.45, 2.75) is 12.8 Å². The molecule has 0 fully saturated rings. The third-order valence-electron chi connectivity index (χ3n) is 1.94. The molecule has 0 unspecified atom stereocenters. The fourth-order valence-corrected chi connectivity index (χ4v) is 3.35. The minimum atomic E-state index is 0.166. The molecule has 2 aromatic heterocycles. The number of aromatic nitrogens is 1. The first-order valence-corrected chi connectivity index (χ1v) is 7.13. The highest BCUT2D eigenvalue weighted by Crippen LogP contribution is 2.21. The van der Waals surface area contributed by atoms with Gasteiger partial charge in [0.25, 0.3) is 0 Å². The van der Waals surface area contributed by atoms with Crippen LogP contribution in [0, 0.1) is 0 Å². The minimum Gasteiger partial charge on any atom is -0.375 e. The molecule has 0 spiro atoms. The van der Waals surface area contributed by atoms with E-state index in [4.69, 9.17) is 5.73 Å². The molecule has 0 atom stereocenters. The standard InChI is InChI=1S/C10H9BrN2OS2/c11-6-1-9(15-4-6)3-8(14)2-7-5-16-10(12)13-7/h1,4-5H,2-3H2,(H2,12,13). The van der Waals surface area contributed by atoms with Gasteiger partial charge in [-0.15, -0.1) is 22.7 Å². The van der Waals surface area contributed by atoms with Crippen molar-refractivity contribution in [2.75, 3.05) is 5.73 Å². The fraction of sp³-hybridized carbons (Fsp3) is 0.200. The van der Waals surface area contributed by atoms with Crippen molar-refractivity contribution in [3.8, 4) is 0 Å². The molecule has 2 N–H and O–H groups in total. The number of thiophene rings is 1. The van der Waals surface area contributed by atoms with Gasteiger partial charge in [0.1, 0.15) is 5.78 Å². The minimum absolute atomic E-state index is 0.166. The second kappa shape index (κ2) is 5.07. The first kappa shape index (κ1) is 11.8. The number of halogens is 1. The lowest BCUT2D eigenvalue weighted by atomic mass is 10.1. The molecule has 0 aliphatic carbocycles. The van der Waals surface area contributed by atoms with E-state index >= 15 is 0 Å². The van der Waals surface area contributed by atoms with E-state index in [0.29, 0.717) is 18.0 Å². The second-order valence-electron chi connectivity index (χ2n) is 3.30. The van der Waals surface area contributed by atoms with Gasteiger partial charge >= 0.3 is 0 Å². The zero-order chi connectivity index (χ0) is 11.5. The zero-order valence-electron chi connectivity index (χ0n) is 8.27. The molecule has 0 aliphatic heterocycles. The van der Waals surface area contributed by atoms with Gasteiger partial charge in [-0.2, -0.15) is 0 Å². The van der Waals surface area contributed by atoms with Crippen LogP contribution in [0.25, 0.3) is 0 Å². The van der Waals surface area contributed by atoms with E-state index in [1.807, 2.05) is 16.8 Å². The lowest BCUT2D eigenvalue weighted by Gasteiger charge is -1.95. The molecule has 0 radical (unpaired) electrons. The largest absolute Gasteiger partial charge is 0.375 e. The Balaban J connectivity index is 1.94. The van der Waals surface area contributed by atoms with Crippen LogP contribution in [0.5, 0.6) is 0 Å². The van der Waals surface area contributed by atoms with Crippen LogP contribution >= 0.6 is 38.6 Å². The maximum atomic E-state index is 11.7. The van der Waals surface area contributed by atoms with Crippen molar-refractivity contribution >= 4 is 49.5 Å². The summed E-state index contributed by atoms with van der Waals surface area (Å²) in [6.07, 6.45) is 0.830. The topological polar surface area (TPSA) is 56.0 Å². The van der Waals surface area contributed by atoms with Crippen molar-refractivity contribution < 1.29 is 4.79 Å². The van der Waals surface area contributed by atoms with E-state index in [1.54, 1.807) is 11.3 Å². The molecule has 0 bridgehead atoms. The zero-order valence-corrected chi connectivity index (χ0v) is 11.5. The molecule has 0 amide bonds. The fourth-order valence-electron chi connectivity index (χ4n) is 1.31. The number of rotatable bonds is 4. The van der Waals surface area contributed by atoms with Crippen LogP contribution in [-0.4, -0.2) is 10.8 Å². The summed E-state index contributed by atoms with van der Waals surface area (Å²) in [4.78, 5) is 16.9. The monoisotopic (exact) mass is 316 g/mol. The van der Waals surface area contributed by atoms with Crippen LogP contribution in [-0.2, 0) is 17.6 Å². The molecule has 0 aromatic carbocycles. The number of Topliss-reactive ketones (excluding diaryl/α,β-unsaturated/α-hetero) is 1. The Kier molecular flexibility index (Phi) is 3.73. The number of carbonyl (C=O) groups excluding carboxylic acids is 1. The van der Waals surface area contributed by atoms with E-state index in [1.165, 1.54) is 11.3 Å². The van der Waals surface area contributed by atoms with E-state index in [-0.39, 0.29) is 5.78 Å². The summed E-state index contributed by atoms with van der Waals surface area (Å²) in [5.74, 6) is 0.166. The maximum Gasteiger partial charge on any atom is 0.180 e. The number of carbonyl (C=O) groups is 1. The molecular formula is C10H9BrN2OS2. The Morgan fingerprint density at radius 1 is 1.38 bits per heavy atom. The van der Waals surface area contributed by atoms with Gasteiger partial charge in [0.05, 0.1) is 5.69 Å². The smallest absolute Gasteiger partial charge is 0.180 e. The molecule has 2 heterocycles. The lowest BCUT2D eigenvalue weighted by molar-refractivity contribution is -0.117. The van der Waals surface area contributed by atoms with E-state index in [9.17, 15) is 4.79 Å². The number of thiazole rings is 1. The van der Waals surface area contributed by atoms with Gasteiger partial charge in [0, 0.05) is 33.0 Å². The number of nitrogens with zero attached hydrogens (tertiary/aromatic N) is 1. The summed E-state index contributed by atoms with van der Waals surface area (Å²) >= 11 is 6.31. The van der Waals surface area contributed by atoms with Crippen LogP contribution in [0.2, 0.25) is 0 Å². The number of anilines is 1. The third-order valence-corrected chi connectivity index (χ3v) is 4.36. The van der Waals surface area contributed by atoms with Crippen molar-refractivity contribution in [1.82, 2.24) is 4.98 Å². The van der Waals surface area contributed by atoms with Crippen LogP contribution < -0.4 is 5.73 Å². The molecular weight excluding hydrogens is 308 g/mol. The van der Waals surface area contributed by atoms with Crippen molar-refractivity contribution in [3.63, 3.8) is 0 Å². The van der Waals surface area contributed by atoms with Gasteiger partial charge < -0.3 is 5.73 Å². The highest BCUT2D eigenvalue weighted by Gasteiger charge is 2.09. The molecule has 0 saturated carbocycles. The van der Waals surface area contributed by atoms with E-state index in [2.05, 4.69) is 20.9 Å². The van der Waals surface area contributed by atoms with Gasteiger partial charge in [0.15, 0.2) is 5.13 Å². The lowest BCUT2D eigenvalue weighted by Crippen LogP contribution is -2.05. The first-order chi connectivity index (χ1) is 7.63. The Labute approximate surface area is 109 Å². The summed E-state index contributed by atoms with van der Waals surface area (Å²) in [6.45, 7) is 0. The van der Waals surface area contributed by atoms with Crippen LogP contribution in [0.3, 0.4) is 0 Å². The average Bonchev–Trinajstić information content (AvgIpc) is 2.76. The van der Waals surface area contributed by atoms with Crippen LogP contribution in [0.1, 0.15) is 10.6 Å². The Morgan fingerprint density at radius 2 is 2.19 bits per heavy atom. The molecule has 3 nitrogen and oxygen atoms in total. The van der Waals surface area contributed by atoms with Gasteiger partial charge in [-0.3, -0.25) is 4.79 Å². The van der Waals surface area contributed by atoms with Crippen molar-refractivity contribution in [1.29, 1.82) is 0 Å². The van der Waals surface area contributed by atoms with E-state index < -0.39 is 0 Å². The van der Waals surface area contributed by atoms with Gasteiger partial charge in [-0.1, -0.05) is 0 Å². The number of ketones is 1. The van der Waals surface area contributed by atoms with Crippen LogP contribution in [0.15, 0.2) is 21.3 Å². The molecule has 0 aliphatic rings. The third kappa shape index (κ3) is 3.13. The van der Waals surface area contributed by atoms with Gasteiger partial charge in [-0.25, -0.2) is 4.98 Å². The summed E-state index contributed by atoms with van der Waals surface area (Å²) in [6, 6.07) is 1.97. The molecule has 2 rings (SSSR count). The average molecular weight is 317 g/mol. The second-order valence-corrected chi connectivity index (χ2v) is 6.10. The summed E-state index contributed by atoms with van der Waals surface area (Å²) in [5.41, 5.74) is 6.27. The van der Waals surface area contributed by atoms with Crippen molar-refractivity contribution in [3.05, 3.63) is 31.9 Å². The summed E-state index contributed by atoms with van der Waals surface area (Å²) < 4.78 is 1.03. The predicted molar refractivity (Wildman–Crippen MR) is 71.0 cm³/mol. The van der Waals surface area contributed by atoms with Gasteiger partial charge in [0.2, 0.25) is 0 Å². The molecule has 0 saturated heterocycles. The number of nitrogen functional groups attached to an aromatic ring is 1. The molecule has 84 valence electrons. The first-order valence-electron chi connectivity index (χ1n) is 4.58. The Morgan fingerprint density at radius 3 is 2.75 bits per heavy atom. The SMILES string of the molecule is Nc1nc(CC(=O)Cc2cc(Br)cs2)cs1. The highest BCUT2D eigenvalue weighted by molar-refractivity contribution is 9.10. The van der Waals surface area contributed by atoms with Gasteiger partial charge in [-0.05, 0) is 22.0 Å². The Hall–Kier alpha value is -0.720. The highest BCUT2D eigenvalue weighted by atomic mass is 79.9. The van der Waals surface area contributed by atoms with E-state index in [0.717, 1.165) is 15.0 Å². The normalized spacial score (nSPS) is 10.6. The molecule has 2 aromatic rings. The van der Waals surface area contributed by atoms with Crippen molar-refractivity contribution in [2.24, 2.45) is 0 Å². The predicted octanol–water partition coefficient (Wildman–Crippen LogP) is 2.90. The molecule has 16 heavy (non-hydrogen) atoms. The summed E-state index contributed by atoms with van der Waals surface area (Å²) in [7, 11) is 0.